The number of hydrogen-bond acceptors (Lipinski definition) is 4. The van der Waals surface area contributed by atoms with Gasteiger partial charge in [-0.15, -0.1) is 0 Å². The van der Waals surface area contributed by atoms with Crippen molar-refractivity contribution in [1.29, 1.82) is 0 Å². The monoisotopic (exact) mass is 246 g/mol. The van der Waals surface area contributed by atoms with Crippen LogP contribution in [0.15, 0.2) is 35.1 Å². The molecular formula is C14H18N2O2. The average molecular weight is 246 g/mol. The minimum absolute atomic E-state index is 0.684. The Morgan fingerprint density at radius 1 is 1.28 bits per heavy atom. The summed E-state index contributed by atoms with van der Waals surface area (Å²) < 4.78 is 10.4. The maximum Gasteiger partial charge on any atom is 0.181 e. The molecule has 0 bridgehead atoms. The van der Waals surface area contributed by atoms with Gasteiger partial charge in [0.05, 0.1) is 6.61 Å². The number of ether oxygens (including phenoxy) is 1. The molecule has 0 amide bonds. The molecule has 2 rings (SSSR count). The first kappa shape index (κ1) is 12.8. The first-order valence-corrected chi connectivity index (χ1v) is 6.00. The highest BCUT2D eigenvalue weighted by Crippen LogP contribution is 2.23. The van der Waals surface area contributed by atoms with Gasteiger partial charge in [0.15, 0.2) is 12.2 Å². The molecule has 96 valence electrons. The van der Waals surface area contributed by atoms with Gasteiger partial charge in [0.25, 0.3) is 0 Å². The van der Waals surface area contributed by atoms with Gasteiger partial charge < -0.3 is 14.5 Å². The maximum absolute atomic E-state index is 5.47. The third-order valence-corrected chi connectivity index (χ3v) is 2.73. The van der Waals surface area contributed by atoms with E-state index in [1.54, 1.807) is 7.11 Å². The third kappa shape index (κ3) is 3.18. The van der Waals surface area contributed by atoms with Gasteiger partial charge >= 0.3 is 0 Å². The Hall–Kier alpha value is -1.65. The van der Waals surface area contributed by atoms with Crippen LogP contribution in [0.25, 0.3) is 11.3 Å². The van der Waals surface area contributed by atoms with Gasteiger partial charge in [-0.05, 0) is 6.92 Å². The molecule has 0 saturated carbocycles. The molecule has 0 saturated heterocycles. The quantitative estimate of drug-likeness (QED) is 0.795. The number of nitrogens with zero attached hydrogens (tertiary/aromatic N) is 1. The van der Waals surface area contributed by atoms with E-state index in [0.29, 0.717) is 13.2 Å². The van der Waals surface area contributed by atoms with Crippen LogP contribution in [0.2, 0.25) is 0 Å². The molecule has 0 aliphatic rings. The molecule has 0 spiro atoms. The van der Waals surface area contributed by atoms with E-state index in [4.69, 9.17) is 9.15 Å². The van der Waals surface area contributed by atoms with Crippen molar-refractivity contribution in [1.82, 2.24) is 10.3 Å². The van der Waals surface area contributed by atoms with Crippen LogP contribution in [0.5, 0.6) is 0 Å². The van der Waals surface area contributed by atoms with Gasteiger partial charge in [-0.1, -0.05) is 29.8 Å². The Kier molecular flexibility index (Phi) is 4.50. The van der Waals surface area contributed by atoms with Gasteiger partial charge in [0, 0.05) is 25.8 Å². The summed E-state index contributed by atoms with van der Waals surface area (Å²) in [5, 5.41) is 3.26. The minimum Gasteiger partial charge on any atom is -0.443 e. The Labute approximate surface area is 107 Å². The number of benzene rings is 1. The lowest BCUT2D eigenvalue weighted by atomic mass is 10.1. The predicted molar refractivity (Wildman–Crippen MR) is 70.3 cm³/mol. The second-order valence-electron chi connectivity index (χ2n) is 4.16. The highest BCUT2D eigenvalue weighted by Gasteiger charge is 2.09. The summed E-state index contributed by atoms with van der Waals surface area (Å²) in [6.07, 6.45) is 1.49. The van der Waals surface area contributed by atoms with Crippen LogP contribution in [0.4, 0.5) is 0 Å². The first-order chi connectivity index (χ1) is 8.81. The molecule has 0 unspecified atom stereocenters. The molecule has 18 heavy (non-hydrogen) atoms. The van der Waals surface area contributed by atoms with E-state index < -0.39 is 0 Å². The van der Waals surface area contributed by atoms with E-state index in [9.17, 15) is 0 Å². The van der Waals surface area contributed by atoms with Crippen LogP contribution in [0.3, 0.4) is 0 Å². The van der Waals surface area contributed by atoms with E-state index in [2.05, 4.69) is 41.5 Å². The van der Waals surface area contributed by atoms with Gasteiger partial charge in [-0.3, -0.25) is 0 Å². The van der Waals surface area contributed by atoms with Crippen LogP contribution in [0.1, 0.15) is 11.3 Å². The highest BCUT2D eigenvalue weighted by molar-refractivity contribution is 5.59. The lowest BCUT2D eigenvalue weighted by Gasteiger charge is -2.04. The van der Waals surface area contributed by atoms with Crippen LogP contribution >= 0.6 is 0 Å². The van der Waals surface area contributed by atoms with E-state index in [1.807, 2.05) is 0 Å². The van der Waals surface area contributed by atoms with Gasteiger partial charge in [-0.25, -0.2) is 4.98 Å². The number of methoxy groups -OCH3 is 1. The van der Waals surface area contributed by atoms with Gasteiger partial charge in [-0.2, -0.15) is 0 Å². The summed E-state index contributed by atoms with van der Waals surface area (Å²) in [5.41, 5.74) is 3.22. The summed E-state index contributed by atoms with van der Waals surface area (Å²) in [7, 11) is 1.69. The molecule has 1 heterocycles. The molecule has 2 aromatic rings. The van der Waals surface area contributed by atoms with E-state index in [-0.39, 0.29) is 0 Å². The van der Waals surface area contributed by atoms with Crippen molar-refractivity contribution >= 4 is 0 Å². The fraction of sp³-hybridized carbons (Fsp3) is 0.357. The topological polar surface area (TPSA) is 47.3 Å². The number of aromatic nitrogens is 1. The Bertz CT molecular complexity index is 477. The zero-order valence-electron chi connectivity index (χ0n) is 10.8. The smallest absolute Gasteiger partial charge is 0.181 e. The number of hydrogen-bond donors (Lipinski definition) is 1. The minimum atomic E-state index is 0.684. The molecule has 0 fully saturated rings. The van der Waals surface area contributed by atoms with Gasteiger partial charge in [0.2, 0.25) is 0 Å². The molecular weight excluding hydrogens is 228 g/mol. The first-order valence-electron chi connectivity index (χ1n) is 6.00. The molecule has 4 heteroatoms. The van der Waals surface area contributed by atoms with Crippen molar-refractivity contribution in [3.63, 3.8) is 0 Å². The highest BCUT2D eigenvalue weighted by atomic mass is 16.5. The molecule has 0 radical (unpaired) electrons. The fourth-order valence-electron chi connectivity index (χ4n) is 1.72. The second-order valence-corrected chi connectivity index (χ2v) is 4.16. The lowest BCUT2D eigenvalue weighted by Crippen LogP contribution is -2.19. The summed E-state index contributed by atoms with van der Waals surface area (Å²) in [6, 6.07) is 8.24. The van der Waals surface area contributed by atoms with E-state index in [0.717, 1.165) is 23.6 Å². The van der Waals surface area contributed by atoms with Crippen molar-refractivity contribution in [2.45, 2.75) is 13.5 Å². The summed E-state index contributed by atoms with van der Waals surface area (Å²) in [5.74, 6) is 0.833. The zero-order valence-corrected chi connectivity index (χ0v) is 10.8. The Morgan fingerprint density at radius 3 is 2.78 bits per heavy atom. The van der Waals surface area contributed by atoms with E-state index >= 15 is 0 Å². The van der Waals surface area contributed by atoms with Crippen LogP contribution in [0, 0.1) is 6.92 Å². The van der Waals surface area contributed by atoms with Crippen molar-refractivity contribution in [3.8, 4) is 11.3 Å². The number of nitrogens with one attached hydrogen (secondary N) is 1. The summed E-state index contributed by atoms with van der Waals surface area (Å²) in [6.45, 7) is 4.24. The third-order valence-electron chi connectivity index (χ3n) is 2.73. The number of aryl methyl sites for hydroxylation is 1. The molecule has 0 aliphatic heterocycles. The van der Waals surface area contributed by atoms with Gasteiger partial charge in [0.1, 0.15) is 5.69 Å². The van der Waals surface area contributed by atoms with Crippen LogP contribution < -0.4 is 5.32 Å². The Balaban J connectivity index is 2.05. The SMILES string of the molecule is COCCNCc1ncoc1-c1ccc(C)cc1. The maximum atomic E-state index is 5.47. The largest absolute Gasteiger partial charge is 0.443 e. The van der Waals surface area contributed by atoms with Crippen LogP contribution in [-0.2, 0) is 11.3 Å². The molecule has 0 aliphatic carbocycles. The second kappa shape index (κ2) is 6.33. The van der Waals surface area contributed by atoms with Crippen molar-refractivity contribution in [3.05, 3.63) is 41.9 Å². The summed E-state index contributed by atoms with van der Waals surface area (Å²) in [4.78, 5) is 4.24. The number of oxazole rings is 1. The Morgan fingerprint density at radius 2 is 2.06 bits per heavy atom. The average Bonchev–Trinajstić information content (AvgIpc) is 2.84. The zero-order chi connectivity index (χ0) is 12.8. The van der Waals surface area contributed by atoms with Crippen molar-refractivity contribution in [2.24, 2.45) is 0 Å². The summed E-state index contributed by atoms with van der Waals surface area (Å²) >= 11 is 0. The molecule has 0 atom stereocenters. The predicted octanol–water partition coefficient (Wildman–Crippen LogP) is 2.39. The normalized spacial score (nSPS) is 10.8. The van der Waals surface area contributed by atoms with Crippen LogP contribution in [-0.4, -0.2) is 25.2 Å². The molecule has 4 nitrogen and oxygen atoms in total. The molecule has 1 N–H and O–H groups in total. The molecule has 1 aromatic carbocycles. The van der Waals surface area contributed by atoms with Crippen molar-refractivity contribution in [2.75, 3.05) is 20.3 Å². The standard InChI is InChI=1S/C14H18N2O2/c1-11-3-5-12(6-4-11)14-13(16-10-18-14)9-15-7-8-17-2/h3-6,10,15H,7-9H2,1-2H3. The van der Waals surface area contributed by atoms with Crippen molar-refractivity contribution < 1.29 is 9.15 Å². The molecule has 1 aromatic heterocycles. The number of rotatable bonds is 6. The van der Waals surface area contributed by atoms with E-state index in [1.165, 1.54) is 12.0 Å². The fourth-order valence-corrected chi connectivity index (χ4v) is 1.72. The lowest BCUT2D eigenvalue weighted by molar-refractivity contribution is 0.199.